The van der Waals surface area contributed by atoms with Gasteiger partial charge in [0.15, 0.2) is 0 Å². The van der Waals surface area contributed by atoms with Gasteiger partial charge in [0.05, 0.1) is 10.9 Å². The fourth-order valence-electron chi connectivity index (χ4n) is 2.73. The smallest absolute Gasteiger partial charge is 0.128 e. The van der Waals surface area contributed by atoms with E-state index in [0.717, 1.165) is 22.2 Å². The van der Waals surface area contributed by atoms with Gasteiger partial charge in [-0.1, -0.05) is 66.7 Å². The minimum Gasteiger partial charge on any atom is -0.237 e. The fourth-order valence-corrected chi connectivity index (χ4v) is 4.18. The molecule has 3 aromatic carbocycles. The molecular weight excluding hydrogens is 278 g/mol. The maximum absolute atomic E-state index is 12.8. The lowest BCUT2D eigenvalue weighted by Gasteiger charge is -2.08. The molecule has 4 rings (SSSR count). The van der Waals surface area contributed by atoms with Crippen LogP contribution < -0.4 is 0 Å². The normalized spacial score (nSPS) is 22.1. The van der Waals surface area contributed by atoms with Crippen molar-refractivity contribution in [1.29, 1.82) is 0 Å². The quantitative estimate of drug-likeness (QED) is 0.670. The second-order valence-corrected chi connectivity index (χ2v) is 6.66. The molecule has 3 aromatic rings. The van der Waals surface area contributed by atoms with E-state index in [1.165, 1.54) is 5.56 Å². The fraction of sp³-hybridized carbons (Fsp3) is 0.111. The first-order valence-electron chi connectivity index (χ1n) is 7.06. The van der Waals surface area contributed by atoms with Crippen molar-refractivity contribution in [2.45, 2.75) is 10.9 Å². The van der Waals surface area contributed by atoms with Crippen LogP contribution in [0.5, 0.6) is 0 Å². The number of hydrogen-bond acceptors (Lipinski definition) is 1. The largest absolute Gasteiger partial charge is 0.237 e. The van der Waals surface area contributed by atoms with Crippen LogP contribution in [0.4, 0.5) is 0 Å². The van der Waals surface area contributed by atoms with Crippen molar-refractivity contribution in [1.82, 2.24) is 4.31 Å². The summed E-state index contributed by atoms with van der Waals surface area (Å²) < 4.78 is 14.9. The third-order valence-electron chi connectivity index (χ3n) is 3.90. The van der Waals surface area contributed by atoms with E-state index in [2.05, 4.69) is 24.3 Å². The third kappa shape index (κ3) is 2.28. The van der Waals surface area contributed by atoms with Crippen molar-refractivity contribution in [2.24, 2.45) is 0 Å². The van der Waals surface area contributed by atoms with E-state index < -0.39 is 11.0 Å². The highest BCUT2D eigenvalue weighted by Gasteiger charge is 2.40. The average Bonchev–Trinajstić information content (AvgIpc) is 3.35. The second-order valence-electron chi connectivity index (χ2n) is 5.25. The van der Waals surface area contributed by atoms with E-state index in [4.69, 9.17) is 0 Å². The summed E-state index contributed by atoms with van der Waals surface area (Å²) in [6.45, 7) is 0.861. The number of hydrogen-bond donors (Lipinski definition) is 0. The topological polar surface area (TPSA) is 20.1 Å². The van der Waals surface area contributed by atoms with Crippen molar-refractivity contribution < 1.29 is 4.21 Å². The minimum atomic E-state index is -1.10. The molecule has 1 heterocycles. The molecule has 0 amide bonds. The molecule has 0 saturated carbocycles. The maximum Gasteiger partial charge on any atom is 0.128 e. The first-order valence-corrected chi connectivity index (χ1v) is 8.16. The summed E-state index contributed by atoms with van der Waals surface area (Å²) in [5.74, 6) is 0. The molecule has 1 fully saturated rings. The van der Waals surface area contributed by atoms with Crippen LogP contribution in [0.25, 0.3) is 10.8 Å². The van der Waals surface area contributed by atoms with Gasteiger partial charge >= 0.3 is 0 Å². The first-order chi connectivity index (χ1) is 10.3. The Hall–Kier alpha value is -1.97. The van der Waals surface area contributed by atoms with Crippen LogP contribution >= 0.6 is 0 Å². The van der Waals surface area contributed by atoms with Crippen molar-refractivity contribution >= 4 is 21.8 Å². The Balaban J connectivity index is 1.67. The van der Waals surface area contributed by atoms with Crippen LogP contribution in [-0.2, 0) is 11.0 Å². The molecule has 2 nitrogen and oxygen atoms in total. The molecule has 0 bridgehead atoms. The Morgan fingerprint density at radius 1 is 0.857 bits per heavy atom. The van der Waals surface area contributed by atoms with E-state index >= 15 is 0 Å². The molecule has 3 atom stereocenters. The molecule has 1 aliphatic heterocycles. The van der Waals surface area contributed by atoms with Gasteiger partial charge in [-0.05, 0) is 22.4 Å². The van der Waals surface area contributed by atoms with Gasteiger partial charge in [0.25, 0.3) is 0 Å². The van der Waals surface area contributed by atoms with E-state index in [0.29, 0.717) is 0 Å². The maximum atomic E-state index is 12.8. The standard InChI is InChI=1S/C18H15NOS/c20-21(19-13-17(19)15-8-2-1-3-9-15)18-12-6-10-14-7-4-5-11-16(14)18/h1-12,17H,13H2/t17?,19?,21-/m0/s1. The summed E-state index contributed by atoms with van der Waals surface area (Å²) in [7, 11) is -1.10. The Morgan fingerprint density at radius 2 is 1.57 bits per heavy atom. The van der Waals surface area contributed by atoms with Crippen molar-refractivity contribution in [3.8, 4) is 0 Å². The lowest BCUT2D eigenvalue weighted by Crippen LogP contribution is -2.05. The molecule has 0 spiro atoms. The van der Waals surface area contributed by atoms with E-state index in [1.807, 2.05) is 52.8 Å². The number of rotatable bonds is 3. The van der Waals surface area contributed by atoms with Crippen LogP contribution in [0.1, 0.15) is 11.6 Å². The second kappa shape index (κ2) is 5.10. The van der Waals surface area contributed by atoms with Gasteiger partial charge in [0.2, 0.25) is 0 Å². The highest BCUT2D eigenvalue weighted by Crippen LogP contribution is 2.39. The Morgan fingerprint density at radius 3 is 2.43 bits per heavy atom. The molecule has 1 saturated heterocycles. The summed E-state index contributed by atoms with van der Waals surface area (Å²) >= 11 is 0. The van der Waals surface area contributed by atoms with Crippen LogP contribution in [0.2, 0.25) is 0 Å². The average molecular weight is 293 g/mol. The lowest BCUT2D eigenvalue weighted by molar-refractivity contribution is 0.648. The molecule has 0 aromatic heterocycles. The van der Waals surface area contributed by atoms with Crippen molar-refractivity contribution in [2.75, 3.05) is 6.54 Å². The summed E-state index contributed by atoms with van der Waals surface area (Å²) in [6.07, 6.45) is 0. The molecule has 0 N–H and O–H groups in total. The molecular formula is C18H15NOS. The van der Waals surface area contributed by atoms with Crippen molar-refractivity contribution in [3.63, 3.8) is 0 Å². The highest BCUT2D eigenvalue weighted by molar-refractivity contribution is 7.83. The van der Waals surface area contributed by atoms with E-state index in [9.17, 15) is 4.21 Å². The molecule has 21 heavy (non-hydrogen) atoms. The molecule has 3 heteroatoms. The number of benzene rings is 3. The van der Waals surface area contributed by atoms with Gasteiger partial charge in [-0.3, -0.25) is 0 Å². The molecule has 0 radical (unpaired) electrons. The monoisotopic (exact) mass is 293 g/mol. The number of fused-ring (bicyclic) bond motifs is 1. The lowest BCUT2D eigenvalue weighted by atomic mass is 10.1. The van der Waals surface area contributed by atoms with Gasteiger partial charge in [-0.15, -0.1) is 0 Å². The van der Waals surface area contributed by atoms with Gasteiger partial charge < -0.3 is 0 Å². The third-order valence-corrected chi connectivity index (χ3v) is 5.46. The van der Waals surface area contributed by atoms with Crippen LogP contribution in [0, 0.1) is 0 Å². The highest BCUT2D eigenvalue weighted by atomic mass is 32.2. The van der Waals surface area contributed by atoms with E-state index in [1.54, 1.807) is 0 Å². The van der Waals surface area contributed by atoms with Gasteiger partial charge in [-0.25, -0.2) is 8.51 Å². The van der Waals surface area contributed by atoms with Gasteiger partial charge in [0.1, 0.15) is 11.0 Å². The summed E-state index contributed by atoms with van der Waals surface area (Å²) in [4.78, 5) is 0.909. The zero-order valence-corrected chi connectivity index (χ0v) is 12.3. The summed E-state index contributed by atoms with van der Waals surface area (Å²) in [6, 6.07) is 24.7. The van der Waals surface area contributed by atoms with Gasteiger partial charge in [0, 0.05) is 6.54 Å². The van der Waals surface area contributed by atoms with Crippen molar-refractivity contribution in [3.05, 3.63) is 78.4 Å². The molecule has 0 aliphatic carbocycles. The molecule has 104 valence electrons. The zero-order chi connectivity index (χ0) is 14.2. The SMILES string of the molecule is O=[S@@](c1cccc2ccccc12)N1CC1c1ccccc1. The predicted molar refractivity (Wildman–Crippen MR) is 86.2 cm³/mol. The van der Waals surface area contributed by atoms with Gasteiger partial charge in [-0.2, -0.15) is 0 Å². The number of nitrogens with zero attached hydrogens (tertiary/aromatic N) is 1. The predicted octanol–water partition coefficient (Wildman–Crippen LogP) is 3.92. The Kier molecular flexibility index (Phi) is 3.09. The molecule has 1 aliphatic rings. The first kappa shape index (κ1) is 12.7. The Bertz CT molecular complexity index is 810. The minimum absolute atomic E-state index is 0.283. The van der Waals surface area contributed by atoms with E-state index in [-0.39, 0.29) is 6.04 Å². The molecule has 2 unspecified atom stereocenters. The summed E-state index contributed by atoms with van der Waals surface area (Å²) in [5.41, 5.74) is 1.24. The van der Waals surface area contributed by atoms with Crippen LogP contribution in [0.15, 0.2) is 77.7 Å². The van der Waals surface area contributed by atoms with Crippen LogP contribution in [0.3, 0.4) is 0 Å². The summed E-state index contributed by atoms with van der Waals surface area (Å²) in [5, 5.41) is 2.22. The Labute approximate surface area is 126 Å². The van der Waals surface area contributed by atoms with Crippen LogP contribution in [-0.4, -0.2) is 15.1 Å². The zero-order valence-electron chi connectivity index (χ0n) is 11.5.